The van der Waals surface area contributed by atoms with Crippen molar-refractivity contribution in [1.29, 1.82) is 0 Å². The van der Waals surface area contributed by atoms with E-state index in [1.807, 2.05) is 36.4 Å². The number of amides is 4. The second-order valence-electron chi connectivity index (χ2n) is 13.9. The van der Waals surface area contributed by atoms with Gasteiger partial charge in [0, 0.05) is 16.5 Å². The zero-order valence-electron chi connectivity index (χ0n) is 28.8. The molecule has 3 fully saturated rings. The summed E-state index contributed by atoms with van der Waals surface area (Å²) in [5, 5.41) is 13.2. The quantitative estimate of drug-likeness (QED) is 0.147. The highest BCUT2D eigenvalue weighted by Crippen LogP contribution is 2.65. The Morgan fingerprint density at radius 2 is 1.55 bits per heavy atom. The number of hydrogen-bond donors (Lipinski definition) is 2. The minimum absolute atomic E-state index is 0.0928. The molecule has 2 N–H and O–H groups in total. The molecule has 10 nitrogen and oxygen atoms in total. The fourth-order valence-corrected chi connectivity index (χ4v) is 9.52. The predicted octanol–water partition coefficient (Wildman–Crippen LogP) is 6.90. The molecule has 6 atom stereocenters. The van der Waals surface area contributed by atoms with Gasteiger partial charge in [0.1, 0.15) is 17.2 Å². The number of phenols is 1. The number of fused-ring (bicyclic) bond motifs is 4. The number of carbonyl (C=O) groups excluding carboxylic acids is 4. The highest BCUT2D eigenvalue weighted by molar-refractivity contribution is 6.36. The lowest BCUT2D eigenvalue weighted by Gasteiger charge is -2.50. The van der Waals surface area contributed by atoms with Crippen LogP contribution in [0.4, 0.5) is 5.69 Å². The number of carbonyl (C=O) groups is 4. The lowest BCUT2D eigenvalue weighted by molar-refractivity contribution is -0.142. The van der Waals surface area contributed by atoms with Gasteiger partial charge in [-0.3, -0.25) is 29.5 Å². The average molecular weight is 753 g/mol. The van der Waals surface area contributed by atoms with Crippen molar-refractivity contribution in [3.05, 3.63) is 129 Å². The molecule has 2 saturated heterocycles. The number of rotatable bonds is 8. The molecule has 4 aromatic rings. The number of likely N-dealkylation sites (tertiary alicyclic amines) is 1. The predicted molar refractivity (Wildman–Crippen MR) is 197 cm³/mol. The zero-order valence-corrected chi connectivity index (χ0v) is 30.3. The maximum atomic E-state index is 15.4. The van der Waals surface area contributed by atoms with E-state index in [0.717, 1.165) is 10.6 Å². The van der Waals surface area contributed by atoms with Crippen LogP contribution in [-0.4, -0.2) is 52.9 Å². The molecule has 4 aliphatic rings. The van der Waals surface area contributed by atoms with Gasteiger partial charge in [0.2, 0.25) is 11.8 Å². The molecule has 2 heterocycles. The van der Waals surface area contributed by atoms with E-state index in [0.29, 0.717) is 33.2 Å². The van der Waals surface area contributed by atoms with E-state index in [-0.39, 0.29) is 47.7 Å². The number of phenolic OH excluding ortho intramolecular Hbond substituents is 1. The first-order chi connectivity index (χ1) is 25.6. The van der Waals surface area contributed by atoms with Crippen molar-refractivity contribution >= 4 is 52.5 Å². The molecule has 270 valence electrons. The van der Waals surface area contributed by atoms with Crippen molar-refractivity contribution in [1.82, 2.24) is 9.91 Å². The molecule has 0 radical (unpaired) electrons. The Bertz CT molecular complexity index is 2190. The maximum absolute atomic E-state index is 15.4. The number of ether oxygens (including phenoxy) is 2. The Morgan fingerprint density at radius 3 is 2.25 bits per heavy atom. The minimum Gasteiger partial charge on any atom is -0.508 e. The number of hydrazine groups is 1. The summed E-state index contributed by atoms with van der Waals surface area (Å²) in [4.78, 5) is 60.1. The molecule has 12 heteroatoms. The second kappa shape index (κ2) is 13.3. The first kappa shape index (κ1) is 34.7. The number of aromatic hydroxyl groups is 1. The van der Waals surface area contributed by atoms with E-state index in [9.17, 15) is 19.5 Å². The standard InChI is InChI=1S/C41H35Cl2N3O7/c1-52-25-11-8-23(9-12-25)41-31(38(49)46(40(41)51)44-33-16-10-24(42)18-32(33)43)20-29-27(36(41)30-19-26(53-2)13-17-34(30)47)14-15-28-35(29)39(50)45(37(28)48)21-22-6-4-3-5-7-22/h3-14,16-19,28-29,31,35-36,44,47H,15,20-21H2,1-2H3/t28-,29+,31-,35-,36+,41+/m0/s1. The number of nitrogens with zero attached hydrogens (tertiary/aromatic N) is 2. The summed E-state index contributed by atoms with van der Waals surface area (Å²) in [6, 6.07) is 25.8. The van der Waals surface area contributed by atoms with Gasteiger partial charge in [0.15, 0.2) is 0 Å². The molecule has 4 aromatic carbocycles. The van der Waals surface area contributed by atoms with E-state index < -0.39 is 46.8 Å². The molecule has 1 saturated carbocycles. The summed E-state index contributed by atoms with van der Waals surface area (Å²) in [5.41, 5.74) is 4.04. The third kappa shape index (κ3) is 5.37. The third-order valence-corrected chi connectivity index (χ3v) is 11.9. The number of hydrogen-bond acceptors (Lipinski definition) is 8. The molecule has 0 bridgehead atoms. The van der Waals surface area contributed by atoms with Gasteiger partial charge in [-0.05, 0) is 78.4 Å². The van der Waals surface area contributed by atoms with E-state index in [1.54, 1.807) is 48.5 Å². The van der Waals surface area contributed by atoms with Crippen LogP contribution in [0.15, 0.2) is 103 Å². The van der Waals surface area contributed by atoms with E-state index >= 15 is 4.79 Å². The number of methoxy groups -OCH3 is 2. The summed E-state index contributed by atoms with van der Waals surface area (Å²) in [5.74, 6) is -4.83. The van der Waals surface area contributed by atoms with Gasteiger partial charge in [0.05, 0.1) is 54.6 Å². The summed E-state index contributed by atoms with van der Waals surface area (Å²) in [7, 11) is 3.04. The van der Waals surface area contributed by atoms with Crippen molar-refractivity contribution in [3.63, 3.8) is 0 Å². The van der Waals surface area contributed by atoms with Gasteiger partial charge in [-0.15, -0.1) is 0 Å². The lowest BCUT2D eigenvalue weighted by atomic mass is 9.49. The monoisotopic (exact) mass is 751 g/mol. The number of imide groups is 2. The molecular weight excluding hydrogens is 717 g/mol. The Balaban J connectivity index is 1.33. The topological polar surface area (TPSA) is 125 Å². The average Bonchev–Trinajstić information content (AvgIpc) is 3.53. The Kier molecular flexibility index (Phi) is 8.70. The van der Waals surface area contributed by atoms with Crippen LogP contribution in [0, 0.1) is 23.7 Å². The number of benzene rings is 4. The fraction of sp³-hybridized carbons (Fsp3) is 0.268. The molecule has 0 spiro atoms. The molecule has 0 unspecified atom stereocenters. The molecule has 2 aliphatic heterocycles. The lowest BCUT2D eigenvalue weighted by Crippen LogP contribution is -2.53. The molecule has 4 amide bonds. The van der Waals surface area contributed by atoms with Crippen LogP contribution in [-0.2, 0) is 31.1 Å². The summed E-state index contributed by atoms with van der Waals surface area (Å²) in [6.45, 7) is 0.129. The minimum atomic E-state index is -1.62. The highest BCUT2D eigenvalue weighted by Gasteiger charge is 2.70. The van der Waals surface area contributed by atoms with Crippen LogP contribution in [0.5, 0.6) is 17.2 Å². The Hall–Kier alpha value is -5.32. The maximum Gasteiger partial charge on any atom is 0.260 e. The van der Waals surface area contributed by atoms with Crippen LogP contribution in [0.2, 0.25) is 10.0 Å². The second-order valence-corrected chi connectivity index (χ2v) is 14.7. The van der Waals surface area contributed by atoms with Crippen LogP contribution in [0.3, 0.4) is 0 Å². The van der Waals surface area contributed by atoms with Crippen LogP contribution < -0.4 is 14.9 Å². The van der Waals surface area contributed by atoms with Crippen molar-refractivity contribution in [2.24, 2.45) is 23.7 Å². The van der Waals surface area contributed by atoms with E-state index in [1.165, 1.54) is 31.3 Å². The summed E-state index contributed by atoms with van der Waals surface area (Å²) in [6.07, 6.45) is 2.29. The molecule has 0 aromatic heterocycles. The van der Waals surface area contributed by atoms with Gasteiger partial charge in [0.25, 0.3) is 11.8 Å². The van der Waals surface area contributed by atoms with Gasteiger partial charge in [-0.25, -0.2) is 0 Å². The van der Waals surface area contributed by atoms with Gasteiger partial charge < -0.3 is 14.6 Å². The first-order valence-electron chi connectivity index (χ1n) is 17.3. The van der Waals surface area contributed by atoms with Crippen molar-refractivity contribution < 1.29 is 33.8 Å². The zero-order chi connectivity index (χ0) is 37.2. The van der Waals surface area contributed by atoms with E-state index in [2.05, 4.69) is 5.43 Å². The van der Waals surface area contributed by atoms with Crippen LogP contribution in [0.25, 0.3) is 0 Å². The molecule has 2 aliphatic carbocycles. The van der Waals surface area contributed by atoms with Gasteiger partial charge in [-0.1, -0.05) is 77.3 Å². The molecule has 53 heavy (non-hydrogen) atoms. The van der Waals surface area contributed by atoms with Gasteiger partial charge in [-0.2, -0.15) is 5.01 Å². The summed E-state index contributed by atoms with van der Waals surface area (Å²) >= 11 is 12.7. The highest BCUT2D eigenvalue weighted by atomic mass is 35.5. The van der Waals surface area contributed by atoms with Gasteiger partial charge >= 0.3 is 0 Å². The molecular formula is C41H35Cl2N3O7. The van der Waals surface area contributed by atoms with Crippen molar-refractivity contribution in [3.8, 4) is 17.2 Å². The fourth-order valence-electron chi connectivity index (χ4n) is 9.07. The Labute approximate surface area is 315 Å². The number of anilines is 1. The third-order valence-electron chi connectivity index (χ3n) is 11.4. The van der Waals surface area contributed by atoms with Crippen LogP contribution in [0.1, 0.15) is 35.4 Å². The largest absolute Gasteiger partial charge is 0.508 e. The van der Waals surface area contributed by atoms with Crippen molar-refractivity contribution in [2.75, 3.05) is 19.6 Å². The number of allylic oxidation sites excluding steroid dienone is 2. The normalized spacial score (nSPS) is 26.2. The molecule has 8 rings (SSSR count). The Morgan fingerprint density at radius 1 is 0.830 bits per heavy atom. The van der Waals surface area contributed by atoms with Crippen LogP contribution >= 0.6 is 23.2 Å². The number of nitrogens with one attached hydrogen (secondary N) is 1. The SMILES string of the molecule is COc1ccc([C@@]23C(=O)N(Nc4ccc(Cl)cc4Cl)C(=O)[C@@H]2C[C@@H]2C(=CC[C@@H]4C(=O)N(Cc5ccccc5)C(=O)[C@@H]42)[C@@H]3c2cc(OC)ccc2O)cc1. The summed E-state index contributed by atoms with van der Waals surface area (Å²) < 4.78 is 11.1. The number of halogens is 2. The van der Waals surface area contributed by atoms with E-state index in [4.69, 9.17) is 32.7 Å². The first-order valence-corrected chi connectivity index (χ1v) is 18.0. The smallest absolute Gasteiger partial charge is 0.260 e. The van der Waals surface area contributed by atoms with Crippen molar-refractivity contribution in [2.45, 2.75) is 30.7 Å².